The van der Waals surface area contributed by atoms with Crippen LogP contribution in [0, 0.1) is 45.3 Å². The quantitative estimate of drug-likeness (QED) is 0.120. The van der Waals surface area contributed by atoms with Crippen LogP contribution in [0.2, 0.25) is 0 Å². The van der Waals surface area contributed by atoms with E-state index in [2.05, 4.69) is 65.9 Å². The van der Waals surface area contributed by atoms with Crippen LogP contribution in [0.3, 0.4) is 0 Å². The highest BCUT2D eigenvalue weighted by Crippen LogP contribution is 2.75. The van der Waals surface area contributed by atoms with Crippen molar-refractivity contribution < 1.29 is 29.6 Å². The lowest BCUT2D eigenvalue weighted by Gasteiger charge is -2.70. The largest absolute Gasteiger partial charge is 0.508 e. The predicted molar refractivity (Wildman–Crippen MR) is 224 cm³/mol. The van der Waals surface area contributed by atoms with E-state index >= 15 is 0 Å². The number of carbonyl (C=O) groups excluding carboxylic acids is 2. The molecule has 5 aliphatic carbocycles. The van der Waals surface area contributed by atoms with Gasteiger partial charge in [0, 0.05) is 41.4 Å². The van der Waals surface area contributed by atoms with Crippen LogP contribution in [0.1, 0.15) is 136 Å². The molecule has 14 unspecified atom stereocenters. The van der Waals surface area contributed by atoms with Crippen LogP contribution in [-0.2, 0) is 14.3 Å². The summed E-state index contributed by atoms with van der Waals surface area (Å²) < 4.78 is 6.48. The minimum Gasteiger partial charge on any atom is -0.508 e. The third-order valence-electron chi connectivity index (χ3n) is 17.3. The number of nitrogens with two attached hydrogens (primary N) is 1. The molecule has 57 heavy (non-hydrogen) atoms. The van der Waals surface area contributed by atoms with E-state index in [4.69, 9.17) is 10.5 Å². The normalized spacial score (nSPS) is 41.3. The number of hydrogen-bond acceptors (Lipinski definition) is 8. The van der Waals surface area contributed by atoms with Gasteiger partial charge in [-0.05, 0) is 140 Å². The number of Topliss-reactive ketones (excluding diaryl/α,β-unsaturated/α-hetero) is 2. The van der Waals surface area contributed by atoms with Gasteiger partial charge in [0.2, 0.25) is 0 Å². The number of aromatic hydroxyl groups is 1. The highest BCUT2D eigenvalue weighted by atomic mass is 16.6. The van der Waals surface area contributed by atoms with Gasteiger partial charge in [-0.15, -0.1) is 0 Å². The molecule has 0 aromatic heterocycles. The molecule has 8 rings (SSSR count). The summed E-state index contributed by atoms with van der Waals surface area (Å²) in [4.78, 5) is 29.1. The van der Waals surface area contributed by atoms with Crippen LogP contribution in [0.15, 0.2) is 59.7 Å². The molecule has 1 heterocycles. The fourth-order valence-electron chi connectivity index (χ4n) is 14.9. The molecule has 8 nitrogen and oxygen atoms in total. The van der Waals surface area contributed by atoms with Crippen molar-refractivity contribution in [3.05, 3.63) is 70.8 Å². The molecule has 1 aliphatic heterocycles. The third-order valence-corrected chi connectivity index (χ3v) is 17.3. The number of nitrogens with one attached hydrogen (secondary N) is 1. The molecule has 1 saturated heterocycles. The van der Waals surface area contributed by atoms with Gasteiger partial charge in [-0.3, -0.25) is 9.59 Å². The zero-order valence-corrected chi connectivity index (χ0v) is 35.6. The van der Waals surface area contributed by atoms with Gasteiger partial charge in [0.1, 0.15) is 17.6 Å². The van der Waals surface area contributed by atoms with Crippen LogP contribution >= 0.6 is 0 Å². The molecule has 2 aromatic carbocycles. The smallest absolute Gasteiger partial charge is 0.159 e. The molecular weight excluding hydrogens is 713 g/mol. The highest BCUT2D eigenvalue weighted by molar-refractivity contribution is 6.00. The van der Waals surface area contributed by atoms with E-state index < -0.39 is 23.2 Å². The Morgan fingerprint density at radius 2 is 1.65 bits per heavy atom. The first-order chi connectivity index (χ1) is 26.8. The monoisotopic (exact) mass is 781 g/mol. The number of hydrogen-bond donors (Lipinski definition) is 5. The molecule has 8 heteroatoms. The van der Waals surface area contributed by atoms with Crippen LogP contribution in [0.25, 0.3) is 0 Å². The van der Waals surface area contributed by atoms with Gasteiger partial charge in [0.25, 0.3) is 0 Å². The Bertz CT molecular complexity index is 1960. The van der Waals surface area contributed by atoms with Crippen molar-refractivity contribution in [2.75, 3.05) is 12.3 Å². The van der Waals surface area contributed by atoms with Gasteiger partial charge in [-0.2, -0.15) is 0 Å². The molecule has 0 radical (unpaired) electrons. The summed E-state index contributed by atoms with van der Waals surface area (Å²) >= 11 is 0. The topological polar surface area (TPSA) is 145 Å². The second-order valence-electron chi connectivity index (χ2n) is 21.1. The third kappa shape index (κ3) is 6.28. The minimum atomic E-state index is -0.674. The Morgan fingerprint density at radius 3 is 2.35 bits per heavy atom. The van der Waals surface area contributed by atoms with Crippen molar-refractivity contribution >= 4 is 17.3 Å². The first kappa shape index (κ1) is 40.7. The zero-order valence-electron chi connectivity index (χ0n) is 35.6. The SMILES string of the molecule is CC(O)CNC1CC2(C)C(CCC3=C(C(C)CC(O)C4OC4(C)C4CCCC4c4cccc(N)c4)C(=O)CC32C)C2(C)CC(c3cccc(O)c3)C(=O)C(C)(C)C12. The number of rotatable bonds is 10. The average Bonchev–Trinajstić information content (AvgIpc) is 3.43. The van der Waals surface area contributed by atoms with Crippen molar-refractivity contribution in [2.24, 2.45) is 45.3 Å². The maximum Gasteiger partial charge on any atom is 0.159 e. The first-order valence-corrected chi connectivity index (χ1v) is 22.0. The molecule has 4 saturated carbocycles. The number of ether oxygens (including phenoxy) is 1. The summed E-state index contributed by atoms with van der Waals surface area (Å²) in [5, 5.41) is 36.7. The molecule has 0 amide bonds. The number of fused-ring (bicyclic) bond motifs is 5. The fourth-order valence-corrected chi connectivity index (χ4v) is 14.9. The van der Waals surface area contributed by atoms with Crippen molar-refractivity contribution in [3.8, 4) is 5.75 Å². The summed E-state index contributed by atoms with van der Waals surface area (Å²) in [5.74, 6) is 1.06. The Labute approximate surface area is 340 Å². The van der Waals surface area contributed by atoms with Crippen LogP contribution in [0.5, 0.6) is 5.75 Å². The molecule has 6 aliphatic rings. The molecular formula is C49H68N2O6. The number of aliphatic hydroxyl groups is 2. The lowest BCUT2D eigenvalue weighted by Crippen LogP contribution is -2.69. The number of ketones is 2. The van der Waals surface area contributed by atoms with Crippen LogP contribution in [-0.4, -0.2) is 63.4 Å². The lowest BCUT2D eigenvalue weighted by atomic mass is 9.34. The van der Waals surface area contributed by atoms with Gasteiger partial charge in [0.15, 0.2) is 5.78 Å². The lowest BCUT2D eigenvalue weighted by molar-refractivity contribution is -0.193. The number of phenols is 1. The number of aliphatic hydroxyl groups excluding tert-OH is 2. The van der Waals surface area contributed by atoms with Gasteiger partial charge >= 0.3 is 0 Å². The Morgan fingerprint density at radius 1 is 0.930 bits per heavy atom. The molecule has 0 bridgehead atoms. The maximum absolute atomic E-state index is 14.6. The van der Waals surface area contributed by atoms with E-state index in [1.807, 2.05) is 24.3 Å². The van der Waals surface area contributed by atoms with E-state index in [1.54, 1.807) is 19.1 Å². The molecule has 0 spiro atoms. The van der Waals surface area contributed by atoms with Crippen LogP contribution in [0.4, 0.5) is 5.69 Å². The summed E-state index contributed by atoms with van der Waals surface area (Å²) in [7, 11) is 0. The Balaban J connectivity index is 1.09. The number of epoxide rings is 1. The van der Waals surface area contributed by atoms with E-state index in [-0.39, 0.29) is 69.4 Å². The van der Waals surface area contributed by atoms with Crippen LogP contribution < -0.4 is 11.1 Å². The standard InChI is InChI=1S/C49H68N2O6/c1-27(20-38(54)44-49(8,57-44)35-17-11-16-33(35)29-12-9-14-31(50)21-29)41-36-18-19-40-46(5)23-34(30-13-10-15-32(53)22-30)43(56)45(3,4)42(46)37(51-26-28(2)52)24-48(40,7)47(36,6)25-39(41)55/h9-10,12-15,21-22,27-28,33-35,37-38,40,42,44,51-54H,11,16-20,23-26,50H2,1-8H3. The highest BCUT2D eigenvalue weighted by Gasteiger charge is 2.71. The number of benzene rings is 2. The van der Waals surface area contributed by atoms with Gasteiger partial charge in [-0.25, -0.2) is 0 Å². The average molecular weight is 781 g/mol. The number of carbonyl (C=O) groups is 2. The molecule has 6 N–H and O–H groups in total. The molecule has 5 fully saturated rings. The molecule has 310 valence electrons. The zero-order chi connectivity index (χ0) is 41.0. The van der Waals surface area contributed by atoms with Crippen molar-refractivity contribution in [1.29, 1.82) is 0 Å². The number of allylic oxidation sites excluding steroid dienone is 2. The summed E-state index contributed by atoms with van der Waals surface area (Å²) in [6.07, 6.45) is 5.99. The fraction of sp³-hybridized carbons (Fsp3) is 0.673. The van der Waals surface area contributed by atoms with Crippen molar-refractivity contribution in [1.82, 2.24) is 5.32 Å². The Kier molecular flexibility index (Phi) is 10.0. The minimum absolute atomic E-state index is 0.0224. The predicted octanol–water partition coefficient (Wildman–Crippen LogP) is 8.24. The molecule has 2 aromatic rings. The van der Waals surface area contributed by atoms with Crippen molar-refractivity contribution in [3.63, 3.8) is 0 Å². The Hall–Kier alpha value is -3.04. The molecule has 14 atom stereocenters. The maximum atomic E-state index is 14.6. The number of nitrogen functional groups attached to an aromatic ring is 1. The van der Waals surface area contributed by atoms with E-state index in [0.717, 1.165) is 55.3 Å². The first-order valence-electron chi connectivity index (χ1n) is 22.0. The number of anilines is 1. The van der Waals surface area contributed by atoms with E-state index in [1.165, 1.54) is 11.1 Å². The van der Waals surface area contributed by atoms with Gasteiger partial charge in [-0.1, -0.05) is 77.8 Å². The summed E-state index contributed by atoms with van der Waals surface area (Å²) in [6.45, 7) is 17.9. The van der Waals surface area contributed by atoms with E-state index in [0.29, 0.717) is 37.6 Å². The van der Waals surface area contributed by atoms with Gasteiger partial charge < -0.3 is 31.1 Å². The number of phenolic OH excluding ortho intramolecular Hbond substituents is 1. The summed E-state index contributed by atoms with van der Waals surface area (Å²) in [6, 6.07) is 15.4. The second-order valence-corrected chi connectivity index (χ2v) is 21.1. The van der Waals surface area contributed by atoms with Gasteiger partial charge in [0.05, 0.1) is 17.8 Å². The van der Waals surface area contributed by atoms with E-state index in [9.17, 15) is 24.9 Å². The second kappa shape index (κ2) is 14.0. The summed E-state index contributed by atoms with van der Waals surface area (Å²) in [5.41, 5.74) is 9.29. The van der Waals surface area contributed by atoms with Crippen molar-refractivity contribution in [2.45, 2.75) is 155 Å².